The molecule has 0 unspecified atom stereocenters. The summed E-state index contributed by atoms with van der Waals surface area (Å²) in [6.07, 6.45) is 5.11. The summed E-state index contributed by atoms with van der Waals surface area (Å²) in [5.41, 5.74) is 1.38. The molecule has 0 N–H and O–H groups in total. The van der Waals surface area contributed by atoms with E-state index in [9.17, 15) is 13.2 Å². The molecule has 2 aromatic carbocycles. The lowest BCUT2D eigenvalue weighted by Gasteiger charge is -2.30. The molecule has 156 valence electrons. The Kier molecular flexibility index (Phi) is 6.98. The normalized spacial score (nSPS) is 15.4. The zero-order valence-corrected chi connectivity index (χ0v) is 18.4. The molecule has 0 saturated heterocycles. The fourth-order valence-electron chi connectivity index (χ4n) is 3.78. The first-order valence-electron chi connectivity index (χ1n) is 9.87. The van der Waals surface area contributed by atoms with Crippen molar-refractivity contribution in [3.8, 4) is 0 Å². The van der Waals surface area contributed by atoms with E-state index in [2.05, 4.69) is 0 Å². The highest BCUT2D eigenvalue weighted by Gasteiger charge is 2.29. The maximum Gasteiger partial charge on any atom is 0.253 e. The molecule has 1 fully saturated rings. The summed E-state index contributed by atoms with van der Waals surface area (Å²) in [4.78, 5) is 14.5. The highest BCUT2D eigenvalue weighted by atomic mass is 35.5. The van der Waals surface area contributed by atoms with Crippen LogP contribution in [0.3, 0.4) is 0 Å². The summed E-state index contributed by atoms with van der Waals surface area (Å²) in [5, 5.41) is 0.625. The number of carbonyl (C=O) groups is 1. The second-order valence-corrected chi connectivity index (χ2v) is 10.1. The molecule has 3 rings (SSSR count). The third kappa shape index (κ3) is 5.18. The summed E-state index contributed by atoms with van der Waals surface area (Å²) in [5.74, 6) is -0.172. The van der Waals surface area contributed by atoms with E-state index in [-0.39, 0.29) is 16.8 Å². The third-order valence-electron chi connectivity index (χ3n) is 5.52. The number of hydrogen-bond donors (Lipinski definition) is 0. The number of hydrogen-bond acceptors (Lipinski definition) is 3. The molecule has 1 saturated carbocycles. The number of benzene rings is 2. The van der Waals surface area contributed by atoms with Crippen LogP contribution in [0, 0.1) is 0 Å². The van der Waals surface area contributed by atoms with Crippen molar-refractivity contribution in [3.05, 3.63) is 64.7 Å². The van der Waals surface area contributed by atoms with Gasteiger partial charge in [-0.25, -0.2) is 8.42 Å². The van der Waals surface area contributed by atoms with Gasteiger partial charge in [-0.15, -0.1) is 0 Å². The van der Waals surface area contributed by atoms with Crippen LogP contribution < -0.4 is 0 Å². The van der Waals surface area contributed by atoms with Crippen LogP contribution in [0.1, 0.15) is 48.0 Å². The van der Waals surface area contributed by atoms with Crippen LogP contribution in [0.25, 0.3) is 0 Å². The molecule has 0 aromatic heterocycles. The first kappa shape index (κ1) is 21.8. The Morgan fingerprint density at radius 3 is 2.31 bits per heavy atom. The largest absolute Gasteiger partial charge is 0.337 e. The molecule has 1 aliphatic rings. The lowest BCUT2D eigenvalue weighted by molar-refractivity contribution is 0.0785. The standard InChI is InChI=1S/C22H27ClN2O3S/c1-24(16-17-7-6-8-19(23)15-17)22(26)18-11-13-21(14-12-18)29(27,28)25(2)20-9-4-3-5-10-20/h6-8,11-15,20H,3-5,9-10,16H2,1-2H3. The molecule has 0 spiro atoms. The number of nitrogens with zero attached hydrogens (tertiary/aromatic N) is 2. The van der Waals surface area contributed by atoms with Gasteiger partial charge in [-0.05, 0) is 54.8 Å². The lowest BCUT2D eigenvalue weighted by Crippen LogP contribution is -2.38. The van der Waals surface area contributed by atoms with Crippen LogP contribution in [0.4, 0.5) is 0 Å². The highest BCUT2D eigenvalue weighted by molar-refractivity contribution is 7.89. The van der Waals surface area contributed by atoms with Crippen LogP contribution in [0.5, 0.6) is 0 Å². The van der Waals surface area contributed by atoms with Gasteiger partial charge in [0.05, 0.1) is 4.90 Å². The number of rotatable bonds is 6. The van der Waals surface area contributed by atoms with E-state index >= 15 is 0 Å². The van der Waals surface area contributed by atoms with E-state index in [1.807, 2.05) is 18.2 Å². The first-order chi connectivity index (χ1) is 13.8. The first-order valence-corrected chi connectivity index (χ1v) is 11.7. The summed E-state index contributed by atoms with van der Waals surface area (Å²) >= 11 is 6.00. The zero-order chi connectivity index (χ0) is 21.0. The molecule has 0 heterocycles. The van der Waals surface area contributed by atoms with E-state index < -0.39 is 10.0 Å². The predicted molar refractivity (Wildman–Crippen MR) is 116 cm³/mol. The summed E-state index contributed by atoms with van der Waals surface area (Å²) in [7, 11) is -0.192. The van der Waals surface area contributed by atoms with Crippen LogP contribution in [0.2, 0.25) is 5.02 Å². The van der Waals surface area contributed by atoms with E-state index in [1.165, 1.54) is 22.9 Å². The van der Waals surface area contributed by atoms with Crippen LogP contribution in [-0.2, 0) is 16.6 Å². The van der Waals surface area contributed by atoms with Gasteiger partial charge in [0.2, 0.25) is 10.0 Å². The highest BCUT2D eigenvalue weighted by Crippen LogP contribution is 2.26. The summed E-state index contributed by atoms with van der Waals surface area (Å²) in [6.45, 7) is 0.420. The maximum atomic E-state index is 12.9. The van der Waals surface area contributed by atoms with Crippen molar-refractivity contribution >= 4 is 27.5 Å². The van der Waals surface area contributed by atoms with Crippen molar-refractivity contribution in [1.29, 1.82) is 0 Å². The van der Waals surface area contributed by atoms with Crippen molar-refractivity contribution in [3.63, 3.8) is 0 Å². The van der Waals surface area contributed by atoms with E-state index in [1.54, 1.807) is 37.2 Å². The summed E-state index contributed by atoms with van der Waals surface area (Å²) < 4.78 is 27.4. The third-order valence-corrected chi connectivity index (χ3v) is 7.68. The van der Waals surface area contributed by atoms with Gasteiger partial charge >= 0.3 is 0 Å². The molecular weight excluding hydrogens is 408 g/mol. The Morgan fingerprint density at radius 1 is 1.03 bits per heavy atom. The minimum Gasteiger partial charge on any atom is -0.337 e. The van der Waals surface area contributed by atoms with E-state index in [0.29, 0.717) is 17.1 Å². The van der Waals surface area contributed by atoms with Crippen molar-refractivity contribution < 1.29 is 13.2 Å². The predicted octanol–water partition coefficient (Wildman–Crippen LogP) is 4.57. The zero-order valence-electron chi connectivity index (χ0n) is 16.8. The Balaban J connectivity index is 1.70. The van der Waals surface area contributed by atoms with Gasteiger partial charge in [-0.3, -0.25) is 4.79 Å². The molecule has 1 amide bonds. The van der Waals surface area contributed by atoms with Gasteiger partial charge in [0.15, 0.2) is 0 Å². The van der Waals surface area contributed by atoms with Crippen LogP contribution >= 0.6 is 11.6 Å². The van der Waals surface area contributed by atoms with Crippen LogP contribution in [-0.4, -0.2) is 43.7 Å². The van der Waals surface area contributed by atoms with E-state index in [4.69, 9.17) is 11.6 Å². The van der Waals surface area contributed by atoms with Crippen molar-refractivity contribution in [2.75, 3.05) is 14.1 Å². The monoisotopic (exact) mass is 434 g/mol. The van der Waals surface area contributed by atoms with Crippen molar-refractivity contribution in [1.82, 2.24) is 9.21 Å². The molecule has 7 heteroatoms. The van der Waals surface area contributed by atoms with Crippen molar-refractivity contribution in [2.45, 2.75) is 49.6 Å². The Bertz CT molecular complexity index is 954. The Morgan fingerprint density at radius 2 is 1.69 bits per heavy atom. The minimum absolute atomic E-state index is 0.0545. The second kappa shape index (κ2) is 9.28. The van der Waals surface area contributed by atoms with Crippen LogP contribution in [0.15, 0.2) is 53.4 Å². The number of carbonyl (C=O) groups excluding carboxylic acids is 1. The SMILES string of the molecule is CN(Cc1cccc(Cl)c1)C(=O)c1ccc(S(=O)(=O)N(C)C2CCCCC2)cc1. The smallest absolute Gasteiger partial charge is 0.253 e. The van der Waals surface area contributed by atoms with E-state index in [0.717, 1.165) is 31.2 Å². The fourth-order valence-corrected chi connectivity index (χ4v) is 5.41. The molecule has 0 bridgehead atoms. The quantitative estimate of drug-likeness (QED) is 0.669. The number of halogens is 1. The second-order valence-electron chi connectivity index (χ2n) is 7.63. The molecule has 0 aliphatic heterocycles. The molecule has 0 atom stereocenters. The van der Waals surface area contributed by atoms with Gasteiger partial charge in [0, 0.05) is 37.3 Å². The van der Waals surface area contributed by atoms with Gasteiger partial charge in [-0.1, -0.05) is 43.0 Å². The number of amides is 1. The van der Waals surface area contributed by atoms with Gasteiger partial charge in [0.25, 0.3) is 5.91 Å². The molecule has 1 aliphatic carbocycles. The van der Waals surface area contributed by atoms with Gasteiger partial charge in [0.1, 0.15) is 0 Å². The Labute approximate surface area is 178 Å². The average molecular weight is 435 g/mol. The Hall–Kier alpha value is -1.89. The molecular formula is C22H27ClN2O3S. The van der Waals surface area contributed by atoms with Gasteiger partial charge in [-0.2, -0.15) is 4.31 Å². The van der Waals surface area contributed by atoms with Gasteiger partial charge < -0.3 is 4.90 Å². The topological polar surface area (TPSA) is 57.7 Å². The minimum atomic E-state index is -3.56. The molecule has 0 radical (unpaired) electrons. The number of sulfonamides is 1. The maximum absolute atomic E-state index is 12.9. The molecule has 5 nitrogen and oxygen atoms in total. The lowest BCUT2D eigenvalue weighted by atomic mass is 9.96. The molecule has 2 aromatic rings. The fraction of sp³-hybridized carbons (Fsp3) is 0.409. The van der Waals surface area contributed by atoms with Crippen molar-refractivity contribution in [2.24, 2.45) is 0 Å². The summed E-state index contributed by atoms with van der Waals surface area (Å²) in [6, 6.07) is 13.6. The molecule has 29 heavy (non-hydrogen) atoms. The average Bonchev–Trinajstić information content (AvgIpc) is 2.73.